The molecule has 1 fully saturated rings. The summed E-state index contributed by atoms with van der Waals surface area (Å²) < 4.78 is 11.2. The Labute approximate surface area is 133 Å². The van der Waals surface area contributed by atoms with E-state index in [2.05, 4.69) is 15.5 Å². The molecule has 0 spiro atoms. The van der Waals surface area contributed by atoms with Crippen LogP contribution >= 0.6 is 11.3 Å². The van der Waals surface area contributed by atoms with E-state index in [4.69, 9.17) is 15.2 Å². The summed E-state index contributed by atoms with van der Waals surface area (Å²) in [4.78, 5) is 4.06. The molecule has 1 saturated heterocycles. The first kappa shape index (κ1) is 14.8. The molecule has 22 heavy (non-hydrogen) atoms. The third kappa shape index (κ3) is 4.19. The number of nitrogen functional groups attached to an aromatic ring is 1. The molecule has 1 aromatic carbocycles. The summed E-state index contributed by atoms with van der Waals surface area (Å²) in [6.45, 7) is 1.56. The Morgan fingerprint density at radius 3 is 2.77 bits per heavy atom. The summed E-state index contributed by atoms with van der Waals surface area (Å²) in [5, 5.41) is 6.57. The van der Waals surface area contributed by atoms with Crippen LogP contribution in [0.2, 0.25) is 0 Å². The van der Waals surface area contributed by atoms with Crippen LogP contribution in [0, 0.1) is 0 Å². The van der Waals surface area contributed by atoms with Gasteiger partial charge >= 0.3 is 0 Å². The first-order chi connectivity index (χ1) is 10.8. The standard InChI is InChI=1S/C15H18N4O2S/c16-14-10-22-15(18-14)19-17-9-11-1-3-12(4-2-11)21-13-5-7-20-8-6-13/h1-4,9-10,13H,5-8,16H2,(H,18,19). The summed E-state index contributed by atoms with van der Waals surface area (Å²) in [6.07, 6.45) is 3.88. The van der Waals surface area contributed by atoms with Crippen LogP contribution in [0.25, 0.3) is 0 Å². The predicted molar refractivity (Wildman–Crippen MR) is 88.7 cm³/mol. The van der Waals surface area contributed by atoms with Gasteiger partial charge in [0.15, 0.2) is 0 Å². The Bertz CT molecular complexity index is 621. The topological polar surface area (TPSA) is 81.8 Å². The van der Waals surface area contributed by atoms with Crippen molar-refractivity contribution in [1.82, 2.24) is 4.98 Å². The van der Waals surface area contributed by atoms with E-state index >= 15 is 0 Å². The fraction of sp³-hybridized carbons (Fsp3) is 0.333. The van der Waals surface area contributed by atoms with Crippen molar-refractivity contribution in [3.63, 3.8) is 0 Å². The SMILES string of the molecule is Nc1csc(NN=Cc2ccc(OC3CCOCC3)cc2)n1. The van der Waals surface area contributed by atoms with Crippen LogP contribution < -0.4 is 15.9 Å². The molecule has 3 N–H and O–H groups in total. The van der Waals surface area contributed by atoms with Crippen molar-refractivity contribution >= 4 is 28.5 Å². The highest BCUT2D eigenvalue weighted by molar-refractivity contribution is 7.14. The maximum atomic E-state index is 5.92. The van der Waals surface area contributed by atoms with Gasteiger partial charge in [0, 0.05) is 18.2 Å². The molecule has 7 heteroatoms. The number of ether oxygens (including phenoxy) is 2. The van der Waals surface area contributed by atoms with E-state index in [0.717, 1.165) is 37.4 Å². The van der Waals surface area contributed by atoms with Gasteiger partial charge in [0.25, 0.3) is 0 Å². The average Bonchev–Trinajstić information content (AvgIpc) is 2.96. The summed E-state index contributed by atoms with van der Waals surface area (Å²) >= 11 is 1.42. The minimum Gasteiger partial charge on any atom is -0.490 e. The lowest BCUT2D eigenvalue weighted by Crippen LogP contribution is -2.25. The second-order valence-electron chi connectivity index (χ2n) is 4.95. The highest BCUT2D eigenvalue weighted by Gasteiger charge is 2.14. The normalized spacial score (nSPS) is 16.0. The molecule has 0 atom stereocenters. The van der Waals surface area contributed by atoms with Crippen LogP contribution in [-0.2, 0) is 4.74 Å². The molecule has 0 saturated carbocycles. The van der Waals surface area contributed by atoms with Crippen LogP contribution in [0.1, 0.15) is 18.4 Å². The minimum atomic E-state index is 0.255. The Balaban J connectivity index is 1.52. The van der Waals surface area contributed by atoms with Gasteiger partial charge in [-0.25, -0.2) is 4.98 Å². The van der Waals surface area contributed by atoms with Gasteiger partial charge < -0.3 is 15.2 Å². The van der Waals surface area contributed by atoms with Crippen LogP contribution in [0.5, 0.6) is 5.75 Å². The fourth-order valence-electron chi connectivity index (χ4n) is 2.12. The smallest absolute Gasteiger partial charge is 0.205 e. The number of nitrogens with zero attached hydrogens (tertiary/aromatic N) is 2. The van der Waals surface area contributed by atoms with Crippen LogP contribution in [0.15, 0.2) is 34.7 Å². The molecule has 1 aliphatic rings. The van der Waals surface area contributed by atoms with E-state index in [1.165, 1.54) is 11.3 Å². The van der Waals surface area contributed by atoms with Gasteiger partial charge in [-0.05, 0) is 29.8 Å². The van der Waals surface area contributed by atoms with Crippen molar-refractivity contribution in [2.24, 2.45) is 5.10 Å². The lowest BCUT2D eigenvalue weighted by atomic mass is 10.1. The minimum absolute atomic E-state index is 0.255. The summed E-state index contributed by atoms with van der Waals surface area (Å²) in [7, 11) is 0. The van der Waals surface area contributed by atoms with Gasteiger partial charge in [-0.3, -0.25) is 5.43 Å². The molecule has 0 unspecified atom stereocenters. The van der Waals surface area contributed by atoms with Crippen molar-refractivity contribution in [2.45, 2.75) is 18.9 Å². The number of nitrogens with one attached hydrogen (secondary N) is 1. The Morgan fingerprint density at radius 2 is 2.09 bits per heavy atom. The average molecular weight is 318 g/mol. The van der Waals surface area contributed by atoms with Gasteiger partial charge in [0.1, 0.15) is 17.7 Å². The zero-order chi connectivity index (χ0) is 15.2. The van der Waals surface area contributed by atoms with E-state index in [0.29, 0.717) is 10.9 Å². The number of hydrazone groups is 1. The molecular formula is C15H18N4O2S. The van der Waals surface area contributed by atoms with Crippen LogP contribution in [0.3, 0.4) is 0 Å². The van der Waals surface area contributed by atoms with E-state index in [9.17, 15) is 0 Å². The highest BCUT2D eigenvalue weighted by atomic mass is 32.1. The van der Waals surface area contributed by atoms with Crippen LogP contribution in [0.4, 0.5) is 10.9 Å². The van der Waals surface area contributed by atoms with E-state index in [-0.39, 0.29) is 6.10 Å². The molecule has 6 nitrogen and oxygen atoms in total. The Morgan fingerprint density at radius 1 is 1.32 bits per heavy atom. The van der Waals surface area contributed by atoms with Crippen molar-refractivity contribution in [1.29, 1.82) is 0 Å². The molecule has 0 aliphatic carbocycles. The zero-order valence-electron chi connectivity index (χ0n) is 12.1. The molecule has 2 heterocycles. The first-order valence-corrected chi connectivity index (χ1v) is 8.02. The maximum absolute atomic E-state index is 5.92. The monoisotopic (exact) mass is 318 g/mol. The molecule has 0 bridgehead atoms. The van der Waals surface area contributed by atoms with Crippen LogP contribution in [-0.4, -0.2) is 30.5 Å². The van der Waals surface area contributed by atoms with Gasteiger partial charge in [-0.1, -0.05) is 0 Å². The number of hydrogen-bond donors (Lipinski definition) is 2. The highest BCUT2D eigenvalue weighted by Crippen LogP contribution is 2.18. The number of aromatic nitrogens is 1. The van der Waals surface area contributed by atoms with Crippen molar-refractivity contribution in [3.05, 3.63) is 35.2 Å². The molecule has 0 amide bonds. The first-order valence-electron chi connectivity index (χ1n) is 7.14. The number of nitrogens with two attached hydrogens (primary N) is 1. The third-order valence-corrected chi connectivity index (χ3v) is 4.01. The van der Waals surface area contributed by atoms with Gasteiger partial charge in [-0.15, -0.1) is 11.3 Å². The molecular weight excluding hydrogens is 300 g/mol. The van der Waals surface area contributed by atoms with Crippen molar-refractivity contribution < 1.29 is 9.47 Å². The lowest BCUT2D eigenvalue weighted by molar-refractivity contribution is 0.0256. The van der Waals surface area contributed by atoms with Crippen molar-refractivity contribution in [3.8, 4) is 5.75 Å². The molecule has 3 rings (SSSR count). The predicted octanol–water partition coefficient (Wildman–Crippen LogP) is 2.73. The molecule has 1 aliphatic heterocycles. The van der Waals surface area contributed by atoms with Gasteiger partial charge in [0.05, 0.1) is 19.4 Å². The fourth-order valence-corrected chi connectivity index (χ4v) is 2.67. The second kappa shape index (κ2) is 7.24. The molecule has 1 aromatic heterocycles. The van der Waals surface area contributed by atoms with E-state index in [1.54, 1.807) is 11.6 Å². The van der Waals surface area contributed by atoms with E-state index in [1.807, 2.05) is 24.3 Å². The molecule has 116 valence electrons. The number of hydrogen-bond acceptors (Lipinski definition) is 7. The number of benzene rings is 1. The van der Waals surface area contributed by atoms with Gasteiger partial charge in [0.2, 0.25) is 5.13 Å². The third-order valence-electron chi connectivity index (χ3n) is 3.25. The number of thiazole rings is 1. The Hall–Kier alpha value is -2.12. The summed E-state index contributed by atoms with van der Waals surface area (Å²) in [5.74, 6) is 1.38. The summed E-state index contributed by atoms with van der Waals surface area (Å²) in [5.41, 5.74) is 9.37. The zero-order valence-corrected chi connectivity index (χ0v) is 12.9. The van der Waals surface area contributed by atoms with Gasteiger partial charge in [-0.2, -0.15) is 5.10 Å². The number of anilines is 2. The quantitative estimate of drug-likeness (QED) is 0.654. The largest absolute Gasteiger partial charge is 0.490 e. The maximum Gasteiger partial charge on any atom is 0.205 e. The summed E-state index contributed by atoms with van der Waals surface area (Å²) in [6, 6.07) is 7.85. The molecule has 2 aromatic rings. The lowest BCUT2D eigenvalue weighted by Gasteiger charge is -2.23. The van der Waals surface area contributed by atoms with E-state index < -0.39 is 0 Å². The molecule has 0 radical (unpaired) electrons. The number of rotatable bonds is 5. The Kier molecular flexibility index (Phi) is 4.87. The van der Waals surface area contributed by atoms with Crippen molar-refractivity contribution in [2.75, 3.05) is 24.4 Å². The second-order valence-corrected chi connectivity index (χ2v) is 5.80.